The van der Waals surface area contributed by atoms with Crippen LogP contribution in [0.25, 0.3) is 0 Å². The van der Waals surface area contributed by atoms with Crippen LogP contribution in [0.1, 0.15) is 173 Å². The van der Waals surface area contributed by atoms with Crippen LogP contribution in [0.2, 0.25) is 0 Å². The molecule has 740 valence electrons. The molecule has 20 rings (SSSR count). The molecule has 0 saturated heterocycles. The first-order valence-electron chi connectivity index (χ1n) is 45.3. The highest BCUT2D eigenvalue weighted by Crippen LogP contribution is 2.62. The summed E-state index contributed by atoms with van der Waals surface area (Å²) in [5.74, 6) is -6.83. The van der Waals surface area contributed by atoms with E-state index < -0.39 is 86.5 Å². The third-order valence-electron chi connectivity index (χ3n) is 25.2. The molecule has 5 aromatic carbocycles. The number of Topliss-reactive ketones (excluding diaryl/α,β-unsaturated/α-hetero) is 5. The minimum absolute atomic E-state index is 0.0957. The maximum absolute atomic E-state index is 13.3. The van der Waals surface area contributed by atoms with E-state index in [1.165, 1.54) is 0 Å². The Hall–Kier alpha value is -13.1. The summed E-state index contributed by atoms with van der Waals surface area (Å²) < 4.78 is 57.6. The van der Waals surface area contributed by atoms with Crippen molar-refractivity contribution < 1.29 is 129 Å². The maximum atomic E-state index is 13.3. The predicted molar refractivity (Wildman–Crippen MR) is 522 cm³/mol. The largest absolute Gasteiger partial charge is 0.462 e. The van der Waals surface area contributed by atoms with Crippen molar-refractivity contribution in [1.82, 2.24) is 0 Å². The predicted octanol–water partition coefficient (Wildman–Crippen LogP) is 12.0. The number of halogens is 5. The second-order valence-electron chi connectivity index (χ2n) is 33.3. The molecule has 10 heterocycles. The zero-order chi connectivity index (χ0) is 102. The molecule has 0 saturated carbocycles. The molecule has 0 radical (unpaired) electrons. The van der Waals surface area contributed by atoms with E-state index in [1.54, 1.807) is 139 Å². The third kappa shape index (κ3) is 17.4. The lowest BCUT2D eigenvalue weighted by atomic mass is 9.65. The number of aliphatic hydroxyl groups is 2. The van der Waals surface area contributed by atoms with Gasteiger partial charge in [-0.1, -0.05) is 79.6 Å². The average Bonchev–Trinajstić information content (AvgIpc) is 1.57. The number of ether oxygens (including phenoxy) is 10. The standard InChI is InChI=1S/5C19H17BrN2O5.2C2H6O/c5*1-2-26-17(24)15-16(21)27-13-5-3-4-12(23)14(13)19(15)10-8-9(20)6-7-11(10)22-18(19)25;2*1-2-3/h5*6-8H,2-5,21H2,1H3,(H,22,25);2*3H,2H2,1H3. The summed E-state index contributed by atoms with van der Waals surface area (Å²) in [5.41, 5.74) is 27.3. The number of hydrogen-bond donors (Lipinski definition) is 12. The molecule has 37 nitrogen and oxygen atoms in total. The van der Waals surface area contributed by atoms with E-state index >= 15 is 0 Å². The first kappa shape index (κ1) is 104. The van der Waals surface area contributed by atoms with Crippen LogP contribution in [-0.2, 0) is 146 Å². The van der Waals surface area contributed by atoms with Crippen molar-refractivity contribution in [3.05, 3.63) is 255 Å². The molecule has 17 N–H and O–H groups in total. The van der Waals surface area contributed by atoms with E-state index in [2.05, 4.69) is 106 Å². The average molecular weight is 2260 g/mol. The number of nitrogens with one attached hydrogen (secondary N) is 5. The SMILES string of the molecule is CCO.CCO.CCOC(=O)C1=C(N)OC2=C(C(=O)CCC2)C12C(=O)Nc1ccc(Br)cc12.CCOC(=O)C1=C(N)OC2=C(C(=O)CCC2)C12C(=O)Nc1ccc(Br)cc12.CCOC(=O)C1=C(N)OC2=C(C(=O)CCC2)C12C(=O)Nc1ccc(Br)cc12.CCOC(=O)C1=C(N)OC2=C(C(=O)CCC2)C12C(=O)Nc1ccc(Br)cc12.CCOC(=O)C1=C(N)OC2=C(C(=O)CCC2)C12C(=O)Nc1ccc(Br)cc12. The van der Waals surface area contributed by atoms with Gasteiger partial charge in [-0.3, -0.25) is 47.9 Å². The summed E-state index contributed by atoms with van der Waals surface area (Å²) in [7, 11) is 0. The fourth-order valence-corrected chi connectivity index (χ4v) is 22.1. The van der Waals surface area contributed by atoms with Gasteiger partial charge in [0.2, 0.25) is 59.0 Å². The van der Waals surface area contributed by atoms with Crippen LogP contribution in [0, 0.1) is 0 Å². The van der Waals surface area contributed by atoms with E-state index in [0.29, 0.717) is 172 Å². The number of allylic oxidation sites excluding steroid dienone is 5. The quantitative estimate of drug-likeness (QED) is 0.0456. The monoisotopic (exact) mass is 2250 g/mol. The Bertz CT molecular complexity index is 5770. The van der Waals surface area contributed by atoms with Gasteiger partial charge < -0.3 is 113 Å². The molecule has 141 heavy (non-hydrogen) atoms. The highest BCUT2D eigenvalue weighted by atomic mass is 79.9. The van der Waals surface area contributed by atoms with E-state index in [-0.39, 0.29) is 192 Å². The number of hydrogen-bond acceptors (Lipinski definition) is 32. The van der Waals surface area contributed by atoms with Gasteiger partial charge in [0.05, 0.1) is 60.9 Å². The van der Waals surface area contributed by atoms with E-state index in [0.717, 1.165) is 0 Å². The molecule has 5 aliphatic carbocycles. The van der Waals surface area contributed by atoms with Crippen LogP contribution >= 0.6 is 79.6 Å². The Morgan fingerprint density at radius 3 is 0.574 bits per heavy atom. The normalized spacial score (nSPS) is 23.0. The minimum Gasteiger partial charge on any atom is -0.462 e. The van der Waals surface area contributed by atoms with Crippen LogP contribution in [0.15, 0.2) is 227 Å². The van der Waals surface area contributed by atoms with Crippen molar-refractivity contribution in [3.8, 4) is 0 Å². The number of aliphatic hydroxyl groups excluding tert-OH is 2. The smallest absolute Gasteiger partial charge is 0.341 e. The van der Waals surface area contributed by atoms with Gasteiger partial charge >= 0.3 is 29.8 Å². The van der Waals surface area contributed by atoms with Gasteiger partial charge in [0.25, 0.3) is 0 Å². The summed E-state index contributed by atoms with van der Waals surface area (Å²) in [6.07, 6.45) is 6.71. The lowest BCUT2D eigenvalue weighted by Crippen LogP contribution is -2.49. The van der Waals surface area contributed by atoms with Crippen LogP contribution in [0.5, 0.6) is 0 Å². The van der Waals surface area contributed by atoms with Gasteiger partial charge in [-0.2, -0.15) is 0 Å². The lowest BCUT2D eigenvalue weighted by molar-refractivity contribution is -0.141. The van der Waals surface area contributed by atoms with Crippen molar-refractivity contribution in [2.75, 3.05) is 72.8 Å². The number of esters is 5. The molecule has 5 aromatic rings. The molecular formula is C99H97Br5N10O27. The van der Waals surface area contributed by atoms with Gasteiger partial charge in [-0.15, -0.1) is 0 Å². The van der Waals surface area contributed by atoms with E-state index in [1.807, 2.05) is 0 Å². The fraction of sp³-hybridized carbons (Fsp3) is 0.343. The van der Waals surface area contributed by atoms with Crippen molar-refractivity contribution >= 4 is 196 Å². The molecule has 5 atom stereocenters. The highest BCUT2D eigenvalue weighted by Gasteiger charge is 2.68. The first-order chi connectivity index (χ1) is 67.4. The maximum Gasteiger partial charge on any atom is 0.341 e. The Balaban J connectivity index is 0.000000138. The molecule has 0 bridgehead atoms. The number of anilines is 5. The summed E-state index contributed by atoms with van der Waals surface area (Å²) in [6.45, 7) is 12.6. The summed E-state index contributed by atoms with van der Waals surface area (Å²) in [5, 5.41) is 29.1. The minimum atomic E-state index is -1.67. The van der Waals surface area contributed by atoms with Crippen LogP contribution in [0.4, 0.5) is 28.4 Å². The second kappa shape index (κ2) is 42.0. The van der Waals surface area contributed by atoms with Crippen molar-refractivity contribution in [2.45, 2.75) is 172 Å². The van der Waals surface area contributed by atoms with Gasteiger partial charge in [-0.05, 0) is 172 Å². The van der Waals surface area contributed by atoms with Gasteiger partial charge in [0, 0.05) is 156 Å². The molecule has 0 aromatic heterocycles. The molecule has 0 fully saturated rings. The van der Waals surface area contributed by atoms with E-state index in [4.69, 9.17) is 86.3 Å². The van der Waals surface area contributed by atoms with Crippen molar-refractivity contribution in [2.24, 2.45) is 28.7 Å². The Labute approximate surface area is 848 Å². The number of carbonyl (C=O) groups is 15. The number of amides is 5. The topological polar surface area (TPSA) is 579 Å². The molecule has 5 spiro atoms. The summed E-state index contributed by atoms with van der Waals surface area (Å²) >= 11 is 17.0. The Morgan fingerprint density at radius 2 is 0.433 bits per heavy atom. The number of rotatable bonds is 10. The van der Waals surface area contributed by atoms with Crippen LogP contribution < -0.4 is 55.3 Å². The molecular weight excluding hydrogens is 2160 g/mol. The number of carbonyl (C=O) groups excluding carboxylic acids is 15. The zero-order valence-corrected chi connectivity index (χ0v) is 85.0. The molecule has 10 aliphatic heterocycles. The second-order valence-corrected chi connectivity index (χ2v) is 37.9. The Kier molecular flexibility index (Phi) is 30.9. The number of fused-ring (bicyclic) bond motifs is 15. The molecule has 42 heteroatoms. The number of ketones is 5. The molecule has 15 aliphatic rings. The zero-order valence-electron chi connectivity index (χ0n) is 77.1. The van der Waals surface area contributed by atoms with Gasteiger partial charge in [-0.25, -0.2) is 24.0 Å². The van der Waals surface area contributed by atoms with Gasteiger partial charge in [0.1, 0.15) is 83.7 Å². The number of nitrogens with two attached hydrogens (primary N) is 5. The molecule has 5 amide bonds. The highest BCUT2D eigenvalue weighted by molar-refractivity contribution is 9.11. The summed E-state index contributed by atoms with van der Waals surface area (Å²) in [6, 6.07) is 26.0. The third-order valence-corrected chi connectivity index (χ3v) is 27.7. The van der Waals surface area contributed by atoms with Crippen molar-refractivity contribution in [1.29, 1.82) is 0 Å². The Morgan fingerprint density at radius 1 is 0.284 bits per heavy atom. The molecule has 5 unspecified atom stereocenters. The number of benzene rings is 5. The van der Waals surface area contributed by atoms with E-state index in [9.17, 15) is 71.9 Å². The summed E-state index contributed by atoms with van der Waals surface area (Å²) in [4.78, 5) is 195. The lowest BCUT2D eigenvalue weighted by Gasteiger charge is -2.38. The fourth-order valence-electron chi connectivity index (χ4n) is 20.3. The van der Waals surface area contributed by atoms with Gasteiger partial charge in [0.15, 0.2) is 28.9 Å². The van der Waals surface area contributed by atoms with Crippen molar-refractivity contribution in [3.63, 3.8) is 0 Å². The first-order valence-corrected chi connectivity index (χ1v) is 49.2. The van der Waals surface area contributed by atoms with Crippen LogP contribution in [-0.4, -0.2) is 145 Å². The van der Waals surface area contributed by atoms with Crippen LogP contribution in [0.3, 0.4) is 0 Å².